The van der Waals surface area contributed by atoms with Crippen molar-refractivity contribution in [2.75, 3.05) is 13.2 Å². The molecule has 0 saturated heterocycles. The summed E-state index contributed by atoms with van der Waals surface area (Å²) in [6.07, 6.45) is 1.97. The van der Waals surface area contributed by atoms with Gasteiger partial charge in [0, 0.05) is 36.0 Å². The predicted octanol–water partition coefficient (Wildman–Crippen LogP) is 6.32. The standard InChI is InChI=1S/C29H32Cl2N2O3/c1-2-18-32-29(35)27(20-22-9-4-3-5-10-22)33(21-23-11-6-7-12-26(23)31)28(34)13-8-19-36-25-16-14-24(30)15-17-25/h3-7,9-12,14-17,27H,2,8,13,18-21H2,1H3,(H,32,35)/t27-/m0/s1. The van der Waals surface area contributed by atoms with Crippen molar-refractivity contribution in [3.63, 3.8) is 0 Å². The van der Waals surface area contributed by atoms with Gasteiger partial charge in [-0.3, -0.25) is 9.59 Å². The van der Waals surface area contributed by atoms with Crippen LogP contribution >= 0.6 is 23.2 Å². The van der Waals surface area contributed by atoms with E-state index in [1.807, 2.05) is 55.5 Å². The van der Waals surface area contributed by atoms with Crippen LogP contribution in [-0.2, 0) is 22.6 Å². The van der Waals surface area contributed by atoms with Gasteiger partial charge in [-0.15, -0.1) is 0 Å². The number of amides is 2. The number of hydrogen-bond donors (Lipinski definition) is 1. The molecule has 3 rings (SSSR count). The Morgan fingerprint density at radius 1 is 0.944 bits per heavy atom. The Morgan fingerprint density at radius 2 is 1.64 bits per heavy atom. The van der Waals surface area contributed by atoms with Crippen LogP contribution in [0.1, 0.15) is 37.3 Å². The Labute approximate surface area is 223 Å². The number of hydrogen-bond acceptors (Lipinski definition) is 3. The van der Waals surface area contributed by atoms with E-state index in [-0.39, 0.29) is 24.8 Å². The summed E-state index contributed by atoms with van der Waals surface area (Å²) >= 11 is 12.4. The lowest BCUT2D eigenvalue weighted by Crippen LogP contribution is -2.50. The van der Waals surface area contributed by atoms with E-state index in [1.165, 1.54) is 0 Å². The van der Waals surface area contributed by atoms with Crippen LogP contribution < -0.4 is 10.1 Å². The van der Waals surface area contributed by atoms with E-state index in [1.54, 1.807) is 35.2 Å². The maximum absolute atomic E-state index is 13.6. The largest absolute Gasteiger partial charge is 0.494 e. The molecule has 0 fully saturated rings. The van der Waals surface area contributed by atoms with Crippen LogP contribution in [0.2, 0.25) is 10.0 Å². The molecular formula is C29H32Cl2N2O3. The van der Waals surface area contributed by atoms with Crippen molar-refractivity contribution < 1.29 is 14.3 Å². The van der Waals surface area contributed by atoms with Crippen molar-refractivity contribution in [1.82, 2.24) is 10.2 Å². The Hall–Kier alpha value is -3.02. The average molecular weight is 527 g/mol. The number of nitrogens with one attached hydrogen (secondary N) is 1. The first kappa shape index (κ1) is 27.6. The molecule has 1 N–H and O–H groups in total. The van der Waals surface area contributed by atoms with E-state index in [0.717, 1.165) is 17.5 Å². The molecular weight excluding hydrogens is 495 g/mol. The highest BCUT2D eigenvalue weighted by atomic mass is 35.5. The second-order valence-electron chi connectivity index (χ2n) is 8.52. The zero-order valence-corrected chi connectivity index (χ0v) is 22.0. The van der Waals surface area contributed by atoms with Gasteiger partial charge in [0.05, 0.1) is 6.61 Å². The molecule has 0 spiro atoms. The lowest BCUT2D eigenvalue weighted by atomic mass is 10.0. The lowest BCUT2D eigenvalue weighted by Gasteiger charge is -2.32. The summed E-state index contributed by atoms with van der Waals surface area (Å²) < 4.78 is 5.76. The van der Waals surface area contributed by atoms with Crippen LogP contribution in [0.25, 0.3) is 0 Å². The van der Waals surface area contributed by atoms with Gasteiger partial charge < -0.3 is 15.0 Å². The molecule has 0 bridgehead atoms. The molecule has 0 radical (unpaired) electrons. The fraction of sp³-hybridized carbons (Fsp3) is 0.310. The van der Waals surface area contributed by atoms with Crippen molar-refractivity contribution in [3.05, 3.63) is 100 Å². The highest BCUT2D eigenvalue weighted by Gasteiger charge is 2.30. The van der Waals surface area contributed by atoms with E-state index in [0.29, 0.717) is 41.8 Å². The quantitative estimate of drug-likeness (QED) is 0.265. The lowest BCUT2D eigenvalue weighted by molar-refractivity contribution is -0.141. The third kappa shape index (κ3) is 8.58. The van der Waals surface area contributed by atoms with Crippen molar-refractivity contribution in [2.45, 2.75) is 45.2 Å². The summed E-state index contributed by atoms with van der Waals surface area (Å²) in [5, 5.41) is 4.18. The summed E-state index contributed by atoms with van der Waals surface area (Å²) in [7, 11) is 0. The van der Waals surface area contributed by atoms with Crippen LogP contribution in [0, 0.1) is 0 Å². The minimum Gasteiger partial charge on any atom is -0.494 e. The molecule has 190 valence electrons. The molecule has 0 heterocycles. The maximum Gasteiger partial charge on any atom is 0.243 e. The summed E-state index contributed by atoms with van der Waals surface area (Å²) in [5.74, 6) is 0.404. The van der Waals surface area contributed by atoms with E-state index in [2.05, 4.69) is 5.32 Å². The fourth-order valence-corrected chi connectivity index (χ4v) is 4.14. The summed E-state index contributed by atoms with van der Waals surface area (Å²) in [6.45, 7) is 3.17. The molecule has 3 aromatic carbocycles. The SMILES string of the molecule is CCCNC(=O)[C@H](Cc1ccccc1)N(Cc1ccccc1Cl)C(=O)CCCOc1ccc(Cl)cc1. The molecule has 2 amide bonds. The number of carbonyl (C=O) groups is 2. The number of rotatable bonds is 13. The highest BCUT2D eigenvalue weighted by Crippen LogP contribution is 2.22. The predicted molar refractivity (Wildman–Crippen MR) is 145 cm³/mol. The normalized spacial score (nSPS) is 11.5. The molecule has 0 unspecified atom stereocenters. The van der Waals surface area contributed by atoms with Gasteiger partial charge in [-0.1, -0.05) is 78.7 Å². The Bertz CT molecular complexity index is 1110. The molecule has 36 heavy (non-hydrogen) atoms. The van der Waals surface area contributed by atoms with Gasteiger partial charge >= 0.3 is 0 Å². The van der Waals surface area contributed by atoms with Crippen molar-refractivity contribution in [1.29, 1.82) is 0 Å². The Balaban J connectivity index is 1.78. The van der Waals surface area contributed by atoms with Gasteiger partial charge in [0.25, 0.3) is 0 Å². The Kier molecular flexibility index (Phi) is 11.1. The minimum absolute atomic E-state index is 0.123. The first-order valence-corrected chi connectivity index (χ1v) is 13.0. The molecule has 0 aromatic heterocycles. The number of nitrogens with zero attached hydrogens (tertiary/aromatic N) is 1. The topological polar surface area (TPSA) is 58.6 Å². The second kappa shape index (κ2) is 14.5. The number of benzene rings is 3. The van der Waals surface area contributed by atoms with E-state index in [4.69, 9.17) is 27.9 Å². The zero-order valence-electron chi connectivity index (χ0n) is 20.5. The monoisotopic (exact) mass is 526 g/mol. The van der Waals surface area contributed by atoms with E-state index in [9.17, 15) is 9.59 Å². The van der Waals surface area contributed by atoms with Gasteiger partial charge in [0.1, 0.15) is 11.8 Å². The molecule has 5 nitrogen and oxygen atoms in total. The van der Waals surface area contributed by atoms with E-state index >= 15 is 0 Å². The first-order chi connectivity index (χ1) is 17.5. The van der Waals surface area contributed by atoms with Crippen molar-refractivity contribution in [3.8, 4) is 5.75 Å². The molecule has 0 aliphatic heterocycles. The maximum atomic E-state index is 13.6. The molecule has 0 aliphatic carbocycles. The minimum atomic E-state index is -0.667. The van der Waals surface area contributed by atoms with E-state index < -0.39 is 6.04 Å². The van der Waals surface area contributed by atoms with Crippen LogP contribution in [0.15, 0.2) is 78.9 Å². The Morgan fingerprint density at radius 3 is 2.33 bits per heavy atom. The van der Waals surface area contributed by atoms with Crippen LogP contribution in [0.5, 0.6) is 5.75 Å². The number of carbonyl (C=O) groups excluding carboxylic acids is 2. The molecule has 0 aliphatic rings. The molecule has 0 saturated carbocycles. The van der Waals surface area contributed by atoms with Gasteiger partial charge in [-0.2, -0.15) is 0 Å². The summed E-state index contributed by atoms with van der Waals surface area (Å²) in [5.41, 5.74) is 1.78. The molecule has 1 atom stereocenters. The second-order valence-corrected chi connectivity index (χ2v) is 9.36. The van der Waals surface area contributed by atoms with Gasteiger partial charge in [0.2, 0.25) is 11.8 Å². The fourth-order valence-electron chi connectivity index (χ4n) is 3.82. The zero-order chi connectivity index (χ0) is 25.8. The highest BCUT2D eigenvalue weighted by molar-refractivity contribution is 6.31. The third-order valence-electron chi connectivity index (χ3n) is 5.74. The van der Waals surface area contributed by atoms with Gasteiger partial charge in [0.15, 0.2) is 0 Å². The van der Waals surface area contributed by atoms with Gasteiger partial charge in [-0.25, -0.2) is 0 Å². The molecule has 3 aromatic rings. The number of halogens is 2. The summed E-state index contributed by atoms with van der Waals surface area (Å²) in [6, 6.07) is 23.6. The van der Waals surface area contributed by atoms with Crippen LogP contribution in [0.4, 0.5) is 0 Å². The molecule has 7 heteroatoms. The smallest absolute Gasteiger partial charge is 0.243 e. The summed E-state index contributed by atoms with van der Waals surface area (Å²) in [4.78, 5) is 28.5. The third-order valence-corrected chi connectivity index (χ3v) is 6.36. The van der Waals surface area contributed by atoms with Crippen LogP contribution in [-0.4, -0.2) is 35.9 Å². The first-order valence-electron chi connectivity index (χ1n) is 12.2. The van der Waals surface area contributed by atoms with Gasteiger partial charge in [-0.05, 0) is 54.3 Å². The number of ether oxygens (including phenoxy) is 1. The van der Waals surface area contributed by atoms with Crippen LogP contribution in [0.3, 0.4) is 0 Å². The average Bonchev–Trinajstić information content (AvgIpc) is 2.89. The van der Waals surface area contributed by atoms with Crippen molar-refractivity contribution >= 4 is 35.0 Å². The van der Waals surface area contributed by atoms with Crippen molar-refractivity contribution in [2.24, 2.45) is 0 Å².